The highest BCUT2D eigenvalue weighted by Crippen LogP contribution is 1.98. The molecular weight excluding hydrogens is 208 g/mol. The van der Waals surface area contributed by atoms with E-state index in [0.717, 1.165) is 6.42 Å². The molecule has 0 N–H and O–H groups in total. The Kier molecular flexibility index (Phi) is 6.22. The van der Waals surface area contributed by atoms with Gasteiger partial charge in [-0.15, -0.1) is 0 Å². The monoisotopic (exact) mass is 220 g/mol. The van der Waals surface area contributed by atoms with Crippen molar-refractivity contribution in [3.05, 3.63) is 12.2 Å². The van der Waals surface area contributed by atoms with Crippen molar-refractivity contribution >= 4 is 21.9 Å². The van der Waals surface area contributed by atoms with E-state index < -0.39 is 0 Å². The zero-order valence-electron chi connectivity index (χ0n) is 6.84. The molecule has 3 heteroatoms. The van der Waals surface area contributed by atoms with Gasteiger partial charge in [0.15, 0.2) is 0 Å². The lowest BCUT2D eigenvalue weighted by Gasteiger charge is -1.97. The number of carbonyl (C=O) groups is 1. The summed E-state index contributed by atoms with van der Waals surface area (Å²) in [5, 5.41) is 0. The predicted octanol–water partition coefficient (Wildman–Crippen LogP) is 2.28. The molecule has 0 aromatic rings. The standard InChI is InChI=1S/C8H13BrO2/c1-3-6-11-8(10)5-4-7(2)9/h4-5,7H,3,6H2,1-2H3. The smallest absolute Gasteiger partial charge is 0.330 e. The zero-order chi connectivity index (χ0) is 8.69. The molecule has 0 rings (SSSR count). The highest BCUT2D eigenvalue weighted by molar-refractivity contribution is 9.09. The van der Waals surface area contributed by atoms with Crippen LogP contribution in [-0.2, 0) is 9.53 Å². The first-order valence-corrected chi connectivity index (χ1v) is 4.57. The Bertz CT molecular complexity index is 141. The van der Waals surface area contributed by atoms with Crippen molar-refractivity contribution in [2.45, 2.75) is 25.1 Å². The minimum atomic E-state index is -0.266. The molecule has 0 saturated carbocycles. The molecule has 64 valence electrons. The number of hydrogen-bond donors (Lipinski definition) is 0. The highest BCUT2D eigenvalue weighted by atomic mass is 79.9. The van der Waals surface area contributed by atoms with Crippen molar-refractivity contribution in [3.63, 3.8) is 0 Å². The summed E-state index contributed by atoms with van der Waals surface area (Å²) in [6.45, 7) is 4.40. The van der Waals surface area contributed by atoms with Crippen LogP contribution in [0.3, 0.4) is 0 Å². The first-order valence-electron chi connectivity index (χ1n) is 3.65. The molecule has 0 spiro atoms. The summed E-state index contributed by atoms with van der Waals surface area (Å²) in [5.74, 6) is -0.266. The second-order valence-corrected chi connectivity index (χ2v) is 3.65. The maximum absolute atomic E-state index is 10.8. The van der Waals surface area contributed by atoms with E-state index in [0.29, 0.717) is 6.61 Å². The Morgan fingerprint density at radius 2 is 2.36 bits per heavy atom. The second kappa shape index (κ2) is 6.40. The van der Waals surface area contributed by atoms with Crippen molar-refractivity contribution < 1.29 is 9.53 Å². The molecule has 0 bridgehead atoms. The van der Waals surface area contributed by atoms with E-state index in [4.69, 9.17) is 4.74 Å². The third-order valence-electron chi connectivity index (χ3n) is 0.946. The molecule has 0 amide bonds. The van der Waals surface area contributed by atoms with Crippen LogP contribution in [0.15, 0.2) is 12.2 Å². The SMILES string of the molecule is CCCOC(=O)C=CC(C)Br. The molecule has 1 unspecified atom stereocenters. The summed E-state index contributed by atoms with van der Waals surface area (Å²) in [6.07, 6.45) is 4.05. The maximum Gasteiger partial charge on any atom is 0.330 e. The zero-order valence-corrected chi connectivity index (χ0v) is 8.43. The van der Waals surface area contributed by atoms with E-state index >= 15 is 0 Å². The van der Waals surface area contributed by atoms with Crippen LogP contribution >= 0.6 is 15.9 Å². The molecule has 2 nitrogen and oxygen atoms in total. The quantitative estimate of drug-likeness (QED) is 0.413. The van der Waals surface area contributed by atoms with Gasteiger partial charge in [0.25, 0.3) is 0 Å². The Morgan fingerprint density at radius 3 is 2.82 bits per heavy atom. The first-order chi connectivity index (χ1) is 5.16. The fraction of sp³-hybridized carbons (Fsp3) is 0.625. The lowest BCUT2D eigenvalue weighted by atomic mass is 10.4. The van der Waals surface area contributed by atoms with Gasteiger partial charge in [-0.1, -0.05) is 28.9 Å². The van der Waals surface area contributed by atoms with Crippen molar-refractivity contribution in [1.29, 1.82) is 0 Å². The average Bonchev–Trinajstić information content (AvgIpc) is 1.97. The minimum Gasteiger partial charge on any atom is -0.463 e. The topological polar surface area (TPSA) is 26.3 Å². The molecule has 11 heavy (non-hydrogen) atoms. The van der Waals surface area contributed by atoms with Gasteiger partial charge in [-0.25, -0.2) is 4.79 Å². The molecular formula is C8H13BrO2. The number of rotatable bonds is 4. The highest BCUT2D eigenvalue weighted by Gasteiger charge is 1.95. The van der Waals surface area contributed by atoms with E-state index in [9.17, 15) is 4.79 Å². The summed E-state index contributed by atoms with van der Waals surface area (Å²) in [5.41, 5.74) is 0. The van der Waals surface area contributed by atoms with Gasteiger partial charge in [0, 0.05) is 10.9 Å². The minimum absolute atomic E-state index is 0.219. The van der Waals surface area contributed by atoms with E-state index in [1.807, 2.05) is 13.8 Å². The molecule has 0 fully saturated rings. The van der Waals surface area contributed by atoms with Crippen LogP contribution in [0.5, 0.6) is 0 Å². The third kappa shape index (κ3) is 7.59. The Hall–Kier alpha value is -0.310. The van der Waals surface area contributed by atoms with Crippen molar-refractivity contribution in [1.82, 2.24) is 0 Å². The summed E-state index contributed by atoms with van der Waals surface area (Å²) >= 11 is 3.28. The average molecular weight is 221 g/mol. The fourth-order valence-corrected chi connectivity index (χ4v) is 0.615. The number of allylic oxidation sites excluding steroid dienone is 1. The van der Waals surface area contributed by atoms with E-state index in [-0.39, 0.29) is 10.8 Å². The summed E-state index contributed by atoms with van der Waals surface area (Å²) in [4.78, 5) is 11.0. The fourth-order valence-electron chi connectivity index (χ4n) is 0.462. The predicted molar refractivity (Wildman–Crippen MR) is 48.8 cm³/mol. The third-order valence-corrected chi connectivity index (χ3v) is 1.25. The Balaban J connectivity index is 3.51. The largest absolute Gasteiger partial charge is 0.463 e. The number of halogens is 1. The van der Waals surface area contributed by atoms with E-state index in [1.54, 1.807) is 6.08 Å². The lowest BCUT2D eigenvalue weighted by molar-refractivity contribution is -0.137. The second-order valence-electron chi connectivity index (χ2n) is 2.20. The molecule has 0 aliphatic rings. The van der Waals surface area contributed by atoms with Crippen LogP contribution in [0.4, 0.5) is 0 Å². The van der Waals surface area contributed by atoms with Crippen LogP contribution in [0, 0.1) is 0 Å². The lowest BCUT2D eigenvalue weighted by Crippen LogP contribution is -2.01. The molecule has 0 aromatic heterocycles. The molecule has 0 aliphatic heterocycles. The normalized spacial score (nSPS) is 13.4. The van der Waals surface area contributed by atoms with Gasteiger partial charge >= 0.3 is 5.97 Å². The van der Waals surface area contributed by atoms with Gasteiger partial charge in [0.2, 0.25) is 0 Å². The van der Waals surface area contributed by atoms with Crippen molar-refractivity contribution in [2.75, 3.05) is 6.61 Å². The van der Waals surface area contributed by atoms with E-state index in [2.05, 4.69) is 15.9 Å². The summed E-state index contributed by atoms with van der Waals surface area (Å²) < 4.78 is 4.80. The van der Waals surface area contributed by atoms with Gasteiger partial charge in [0.05, 0.1) is 6.61 Å². The van der Waals surface area contributed by atoms with E-state index in [1.165, 1.54) is 6.08 Å². The van der Waals surface area contributed by atoms with Crippen LogP contribution < -0.4 is 0 Å². The Labute approximate surface area is 75.7 Å². The number of ether oxygens (including phenoxy) is 1. The van der Waals surface area contributed by atoms with Crippen molar-refractivity contribution in [2.24, 2.45) is 0 Å². The van der Waals surface area contributed by atoms with Gasteiger partial charge in [-0.05, 0) is 13.3 Å². The first kappa shape index (κ1) is 10.7. The molecule has 0 radical (unpaired) electrons. The summed E-state index contributed by atoms with van der Waals surface area (Å²) in [6, 6.07) is 0. The molecule has 0 heterocycles. The van der Waals surface area contributed by atoms with Crippen LogP contribution in [-0.4, -0.2) is 17.4 Å². The number of hydrogen-bond acceptors (Lipinski definition) is 2. The van der Waals surface area contributed by atoms with Gasteiger partial charge in [0.1, 0.15) is 0 Å². The van der Waals surface area contributed by atoms with Gasteiger partial charge in [-0.2, -0.15) is 0 Å². The van der Waals surface area contributed by atoms with Crippen LogP contribution in [0.1, 0.15) is 20.3 Å². The van der Waals surface area contributed by atoms with Crippen LogP contribution in [0.25, 0.3) is 0 Å². The Morgan fingerprint density at radius 1 is 1.73 bits per heavy atom. The molecule has 1 atom stereocenters. The van der Waals surface area contributed by atoms with Gasteiger partial charge < -0.3 is 4.74 Å². The van der Waals surface area contributed by atoms with Crippen molar-refractivity contribution in [3.8, 4) is 0 Å². The summed E-state index contributed by atoms with van der Waals surface area (Å²) in [7, 11) is 0. The van der Waals surface area contributed by atoms with Gasteiger partial charge in [-0.3, -0.25) is 0 Å². The number of carbonyl (C=O) groups excluding carboxylic acids is 1. The van der Waals surface area contributed by atoms with Crippen LogP contribution in [0.2, 0.25) is 0 Å². The molecule has 0 aromatic carbocycles. The number of alkyl halides is 1. The number of esters is 1. The molecule has 0 saturated heterocycles. The maximum atomic E-state index is 10.8. The molecule has 0 aliphatic carbocycles.